The highest BCUT2D eigenvalue weighted by molar-refractivity contribution is 6.06. The van der Waals surface area contributed by atoms with Crippen LogP contribution in [0.1, 0.15) is 57.2 Å². The maximum absolute atomic E-state index is 12.8. The van der Waals surface area contributed by atoms with E-state index in [1.165, 1.54) is 6.20 Å². The van der Waals surface area contributed by atoms with Crippen molar-refractivity contribution in [2.24, 2.45) is 5.92 Å². The number of hydrogen-bond acceptors (Lipinski definition) is 3. The molecular formula is C22H27N3O2. The molecule has 0 bridgehead atoms. The molecule has 1 aromatic carbocycles. The van der Waals surface area contributed by atoms with Crippen molar-refractivity contribution in [2.75, 3.05) is 18.4 Å². The number of anilines is 1. The van der Waals surface area contributed by atoms with Crippen molar-refractivity contribution in [1.29, 1.82) is 0 Å². The van der Waals surface area contributed by atoms with Crippen LogP contribution in [-0.4, -0.2) is 34.8 Å². The van der Waals surface area contributed by atoms with Gasteiger partial charge in [0.25, 0.3) is 11.8 Å². The SMILES string of the molecule is Cc1cc(C)c(NC(=O)c2cncc(C(=O)N3CCCC(C)C3)c2)c(C)c1. The largest absolute Gasteiger partial charge is 0.338 e. The third-order valence-electron chi connectivity index (χ3n) is 5.11. The van der Waals surface area contributed by atoms with Crippen LogP contribution in [0.15, 0.2) is 30.6 Å². The molecule has 1 aliphatic heterocycles. The van der Waals surface area contributed by atoms with E-state index >= 15 is 0 Å². The van der Waals surface area contributed by atoms with Crippen LogP contribution in [0.2, 0.25) is 0 Å². The Morgan fingerprint density at radius 1 is 1.07 bits per heavy atom. The van der Waals surface area contributed by atoms with E-state index in [-0.39, 0.29) is 11.8 Å². The second-order valence-electron chi connectivity index (χ2n) is 7.69. The third-order valence-corrected chi connectivity index (χ3v) is 5.11. The predicted octanol–water partition coefficient (Wildman–Crippen LogP) is 4.13. The minimum atomic E-state index is -0.251. The van der Waals surface area contributed by atoms with Crippen molar-refractivity contribution in [3.8, 4) is 0 Å². The minimum absolute atomic E-state index is 0.0496. The fourth-order valence-electron chi connectivity index (χ4n) is 3.80. The second-order valence-corrected chi connectivity index (χ2v) is 7.69. The minimum Gasteiger partial charge on any atom is -0.338 e. The number of carbonyl (C=O) groups is 2. The average Bonchev–Trinajstić information content (AvgIpc) is 2.64. The summed E-state index contributed by atoms with van der Waals surface area (Å²) in [5.74, 6) is 0.209. The lowest BCUT2D eigenvalue weighted by Gasteiger charge is -2.31. The van der Waals surface area contributed by atoms with Gasteiger partial charge in [0.2, 0.25) is 0 Å². The molecule has 1 aromatic heterocycles. The number of nitrogens with zero attached hydrogens (tertiary/aromatic N) is 2. The third kappa shape index (κ3) is 4.35. The molecule has 0 aliphatic carbocycles. The normalized spacial score (nSPS) is 16.9. The molecule has 1 unspecified atom stereocenters. The van der Waals surface area contributed by atoms with Crippen molar-refractivity contribution < 1.29 is 9.59 Å². The van der Waals surface area contributed by atoms with Gasteiger partial charge in [-0.15, -0.1) is 0 Å². The Labute approximate surface area is 160 Å². The summed E-state index contributed by atoms with van der Waals surface area (Å²) in [5.41, 5.74) is 4.87. The summed E-state index contributed by atoms with van der Waals surface area (Å²) in [6.07, 6.45) is 5.22. The first-order valence-electron chi connectivity index (χ1n) is 9.48. The number of hydrogen-bond donors (Lipinski definition) is 1. The molecule has 1 aliphatic rings. The van der Waals surface area contributed by atoms with Crippen LogP contribution in [-0.2, 0) is 0 Å². The lowest BCUT2D eigenvalue weighted by atomic mass is 9.99. The summed E-state index contributed by atoms with van der Waals surface area (Å²) in [6, 6.07) is 5.72. The molecule has 1 N–H and O–H groups in total. The van der Waals surface area contributed by atoms with E-state index in [2.05, 4.69) is 17.2 Å². The van der Waals surface area contributed by atoms with E-state index in [1.807, 2.05) is 37.8 Å². The number of pyridine rings is 1. The highest BCUT2D eigenvalue weighted by Gasteiger charge is 2.23. The zero-order valence-electron chi connectivity index (χ0n) is 16.5. The van der Waals surface area contributed by atoms with E-state index < -0.39 is 0 Å². The van der Waals surface area contributed by atoms with Gasteiger partial charge in [0.1, 0.15) is 0 Å². The summed E-state index contributed by atoms with van der Waals surface area (Å²) in [6.45, 7) is 9.68. The van der Waals surface area contributed by atoms with Crippen molar-refractivity contribution in [1.82, 2.24) is 9.88 Å². The molecule has 142 valence electrons. The maximum Gasteiger partial charge on any atom is 0.257 e. The molecule has 1 fully saturated rings. The van der Waals surface area contributed by atoms with Crippen LogP contribution in [0.4, 0.5) is 5.69 Å². The van der Waals surface area contributed by atoms with Crippen LogP contribution in [0.3, 0.4) is 0 Å². The predicted molar refractivity (Wildman–Crippen MR) is 107 cm³/mol. The van der Waals surface area contributed by atoms with Crippen LogP contribution in [0.5, 0.6) is 0 Å². The van der Waals surface area contributed by atoms with Gasteiger partial charge in [-0.05, 0) is 56.7 Å². The number of carbonyl (C=O) groups excluding carboxylic acids is 2. The number of piperidine rings is 1. The van der Waals surface area contributed by atoms with E-state index in [1.54, 1.807) is 12.3 Å². The summed E-state index contributed by atoms with van der Waals surface area (Å²) >= 11 is 0. The van der Waals surface area contributed by atoms with Crippen LogP contribution >= 0.6 is 0 Å². The molecule has 5 heteroatoms. The van der Waals surface area contributed by atoms with Crippen molar-refractivity contribution in [3.63, 3.8) is 0 Å². The number of aromatic nitrogens is 1. The van der Waals surface area contributed by atoms with E-state index in [4.69, 9.17) is 0 Å². The number of amides is 2. The Hall–Kier alpha value is -2.69. The highest BCUT2D eigenvalue weighted by Crippen LogP contribution is 2.23. The summed E-state index contributed by atoms with van der Waals surface area (Å²) < 4.78 is 0. The number of rotatable bonds is 3. The van der Waals surface area contributed by atoms with Gasteiger partial charge in [0.15, 0.2) is 0 Å². The van der Waals surface area contributed by atoms with Gasteiger partial charge in [-0.2, -0.15) is 0 Å². The van der Waals surface area contributed by atoms with E-state index in [0.717, 1.165) is 48.3 Å². The Morgan fingerprint density at radius 2 is 1.74 bits per heavy atom. The Morgan fingerprint density at radius 3 is 2.41 bits per heavy atom. The smallest absolute Gasteiger partial charge is 0.257 e. The number of aryl methyl sites for hydroxylation is 3. The van der Waals surface area contributed by atoms with Crippen LogP contribution < -0.4 is 5.32 Å². The molecule has 3 rings (SSSR count). The molecular weight excluding hydrogens is 338 g/mol. The molecule has 0 spiro atoms. The molecule has 2 heterocycles. The monoisotopic (exact) mass is 365 g/mol. The zero-order chi connectivity index (χ0) is 19.6. The first kappa shape index (κ1) is 19.1. The highest BCUT2D eigenvalue weighted by atomic mass is 16.2. The van der Waals surface area contributed by atoms with Gasteiger partial charge in [0.05, 0.1) is 11.1 Å². The number of nitrogens with one attached hydrogen (secondary N) is 1. The molecule has 1 atom stereocenters. The molecule has 5 nitrogen and oxygen atoms in total. The van der Waals surface area contributed by atoms with E-state index in [0.29, 0.717) is 17.0 Å². The van der Waals surface area contributed by atoms with Gasteiger partial charge < -0.3 is 10.2 Å². The fourth-order valence-corrected chi connectivity index (χ4v) is 3.80. The maximum atomic E-state index is 12.8. The molecule has 27 heavy (non-hydrogen) atoms. The number of benzene rings is 1. The lowest BCUT2D eigenvalue weighted by molar-refractivity contribution is 0.0682. The number of likely N-dealkylation sites (tertiary alicyclic amines) is 1. The lowest BCUT2D eigenvalue weighted by Crippen LogP contribution is -2.39. The molecule has 2 amide bonds. The van der Waals surface area contributed by atoms with Crippen molar-refractivity contribution in [3.05, 3.63) is 58.4 Å². The Bertz CT molecular complexity index is 853. The quantitative estimate of drug-likeness (QED) is 0.889. The molecule has 0 radical (unpaired) electrons. The van der Waals surface area contributed by atoms with Gasteiger partial charge in [0, 0.05) is 31.2 Å². The summed E-state index contributed by atoms with van der Waals surface area (Å²) in [7, 11) is 0. The Kier molecular flexibility index (Phi) is 5.59. The molecule has 2 aromatic rings. The van der Waals surface area contributed by atoms with Gasteiger partial charge in [-0.3, -0.25) is 14.6 Å². The first-order chi connectivity index (χ1) is 12.8. The van der Waals surface area contributed by atoms with Gasteiger partial charge in [-0.1, -0.05) is 24.6 Å². The Balaban J connectivity index is 1.79. The average molecular weight is 365 g/mol. The van der Waals surface area contributed by atoms with Crippen molar-refractivity contribution in [2.45, 2.75) is 40.5 Å². The van der Waals surface area contributed by atoms with Gasteiger partial charge >= 0.3 is 0 Å². The summed E-state index contributed by atoms with van der Waals surface area (Å²) in [4.78, 5) is 31.5. The van der Waals surface area contributed by atoms with Crippen molar-refractivity contribution >= 4 is 17.5 Å². The second kappa shape index (κ2) is 7.91. The zero-order valence-corrected chi connectivity index (χ0v) is 16.5. The summed E-state index contributed by atoms with van der Waals surface area (Å²) in [5, 5.41) is 2.97. The van der Waals surface area contributed by atoms with Crippen LogP contribution in [0, 0.1) is 26.7 Å². The molecule has 0 saturated carbocycles. The first-order valence-corrected chi connectivity index (χ1v) is 9.48. The molecule has 1 saturated heterocycles. The fraction of sp³-hybridized carbons (Fsp3) is 0.409. The standard InChI is InChI=1S/C22H27N3O2/c1-14-6-5-7-25(13-14)22(27)19-10-18(11-23-12-19)21(26)24-20-16(3)8-15(2)9-17(20)4/h8-12,14H,5-7,13H2,1-4H3,(H,24,26). The van der Waals surface area contributed by atoms with Gasteiger partial charge in [-0.25, -0.2) is 0 Å². The van der Waals surface area contributed by atoms with E-state index in [9.17, 15) is 9.59 Å². The van der Waals surface area contributed by atoms with Crippen LogP contribution in [0.25, 0.3) is 0 Å². The topological polar surface area (TPSA) is 62.3 Å².